The number of benzene rings is 1. The standard InChI is InChI=1S/C12H15N3O2/c1-8(13)6-9-7-15(12(16)14-17)11-5-3-2-4-10(9)11/h2-5,7-8,17H,6,13H2,1H3,(H,14,16)/t8-/m1/s1. The number of nitrogens with zero attached hydrogens (tertiary/aromatic N) is 1. The number of aromatic nitrogens is 1. The summed E-state index contributed by atoms with van der Waals surface area (Å²) in [6, 6.07) is 6.97. The minimum absolute atomic E-state index is 0.0199. The molecule has 0 bridgehead atoms. The van der Waals surface area contributed by atoms with Crippen LogP contribution in [0.2, 0.25) is 0 Å². The van der Waals surface area contributed by atoms with Crippen LogP contribution in [0.15, 0.2) is 30.5 Å². The zero-order valence-corrected chi connectivity index (χ0v) is 9.55. The van der Waals surface area contributed by atoms with Gasteiger partial charge in [-0.15, -0.1) is 0 Å². The van der Waals surface area contributed by atoms with Gasteiger partial charge in [-0.25, -0.2) is 10.3 Å². The summed E-state index contributed by atoms with van der Waals surface area (Å²) in [5, 5.41) is 9.67. The molecule has 0 radical (unpaired) electrons. The first-order chi connectivity index (χ1) is 8.13. The number of hydroxylamine groups is 1. The van der Waals surface area contributed by atoms with Crippen LogP contribution in [0, 0.1) is 0 Å². The van der Waals surface area contributed by atoms with Crippen molar-refractivity contribution in [2.75, 3.05) is 0 Å². The summed E-state index contributed by atoms with van der Waals surface area (Å²) in [5.41, 5.74) is 9.17. The average Bonchev–Trinajstić information content (AvgIpc) is 2.67. The summed E-state index contributed by atoms with van der Waals surface area (Å²) < 4.78 is 1.38. The van der Waals surface area contributed by atoms with Gasteiger partial charge >= 0.3 is 6.03 Å². The minimum atomic E-state index is -0.572. The van der Waals surface area contributed by atoms with Crippen molar-refractivity contribution in [3.63, 3.8) is 0 Å². The molecule has 0 spiro atoms. The van der Waals surface area contributed by atoms with Gasteiger partial charge in [0.1, 0.15) is 0 Å². The summed E-state index contributed by atoms with van der Waals surface area (Å²) in [7, 11) is 0. The Morgan fingerprint density at radius 2 is 2.24 bits per heavy atom. The van der Waals surface area contributed by atoms with Gasteiger partial charge in [-0.1, -0.05) is 18.2 Å². The molecule has 17 heavy (non-hydrogen) atoms. The van der Waals surface area contributed by atoms with Gasteiger partial charge in [-0.05, 0) is 25.0 Å². The molecule has 1 amide bonds. The highest BCUT2D eigenvalue weighted by molar-refractivity contribution is 5.93. The van der Waals surface area contributed by atoms with Crippen LogP contribution in [-0.4, -0.2) is 21.8 Å². The summed E-state index contributed by atoms with van der Waals surface area (Å²) in [4.78, 5) is 11.5. The summed E-state index contributed by atoms with van der Waals surface area (Å²) in [6.45, 7) is 1.91. The van der Waals surface area contributed by atoms with Crippen molar-refractivity contribution in [3.05, 3.63) is 36.0 Å². The molecule has 5 nitrogen and oxygen atoms in total. The van der Waals surface area contributed by atoms with Crippen molar-refractivity contribution >= 4 is 16.9 Å². The van der Waals surface area contributed by atoms with E-state index in [1.165, 1.54) is 4.57 Å². The van der Waals surface area contributed by atoms with Crippen molar-refractivity contribution in [1.82, 2.24) is 10.0 Å². The van der Waals surface area contributed by atoms with Gasteiger partial charge < -0.3 is 5.73 Å². The summed E-state index contributed by atoms with van der Waals surface area (Å²) >= 11 is 0. The zero-order valence-electron chi connectivity index (χ0n) is 9.55. The fourth-order valence-corrected chi connectivity index (χ4v) is 1.98. The molecular weight excluding hydrogens is 218 g/mol. The first kappa shape index (κ1) is 11.6. The highest BCUT2D eigenvalue weighted by Crippen LogP contribution is 2.22. The maximum absolute atomic E-state index is 11.5. The van der Waals surface area contributed by atoms with Gasteiger partial charge in [0, 0.05) is 17.6 Å². The maximum atomic E-state index is 11.5. The second-order valence-electron chi connectivity index (χ2n) is 4.14. The lowest BCUT2D eigenvalue weighted by atomic mass is 10.1. The fourth-order valence-electron chi connectivity index (χ4n) is 1.98. The molecule has 0 fully saturated rings. The third kappa shape index (κ3) is 2.15. The number of nitrogens with one attached hydrogen (secondary N) is 1. The van der Waals surface area contributed by atoms with Crippen LogP contribution in [0.4, 0.5) is 4.79 Å². The summed E-state index contributed by atoms with van der Waals surface area (Å²) in [6.07, 6.45) is 2.39. The van der Waals surface area contributed by atoms with Gasteiger partial charge in [0.25, 0.3) is 0 Å². The Bertz CT molecular complexity index is 546. The van der Waals surface area contributed by atoms with E-state index in [1.807, 2.05) is 31.2 Å². The Balaban J connectivity index is 2.58. The largest absolute Gasteiger partial charge is 0.349 e. The average molecular weight is 233 g/mol. The molecule has 0 saturated heterocycles. The number of amides is 1. The monoisotopic (exact) mass is 233 g/mol. The molecule has 1 aromatic heterocycles. The van der Waals surface area contributed by atoms with E-state index < -0.39 is 6.03 Å². The third-order valence-corrected chi connectivity index (χ3v) is 2.65. The lowest BCUT2D eigenvalue weighted by molar-refractivity contribution is 0.163. The highest BCUT2D eigenvalue weighted by Gasteiger charge is 2.13. The second kappa shape index (κ2) is 4.57. The lowest BCUT2D eigenvalue weighted by Gasteiger charge is -2.02. The van der Waals surface area contributed by atoms with E-state index in [2.05, 4.69) is 0 Å². The van der Waals surface area contributed by atoms with Gasteiger partial charge in [-0.2, -0.15) is 0 Å². The predicted octanol–water partition coefficient (Wildman–Crippen LogP) is 1.48. The van der Waals surface area contributed by atoms with Crippen LogP contribution >= 0.6 is 0 Å². The number of carbonyl (C=O) groups is 1. The van der Waals surface area contributed by atoms with Crippen LogP contribution in [0.25, 0.3) is 10.9 Å². The van der Waals surface area contributed by atoms with E-state index in [0.717, 1.165) is 16.5 Å². The molecular formula is C12H15N3O2. The topological polar surface area (TPSA) is 80.3 Å². The van der Waals surface area contributed by atoms with E-state index in [1.54, 1.807) is 11.7 Å². The first-order valence-electron chi connectivity index (χ1n) is 5.42. The minimum Gasteiger partial charge on any atom is -0.328 e. The van der Waals surface area contributed by atoms with Gasteiger partial charge in [0.15, 0.2) is 0 Å². The van der Waals surface area contributed by atoms with Crippen LogP contribution in [-0.2, 0) is 6.42 Å². The molecule has 2 aromatic rings. The number of hydrogen-bond acceptors (Lipinski definition) is 3. The normalized spacial score (nSPS) is 12.6. The Morgan fingerprint density at radius 3 is 2.88 bits per heavy atom. The molecule has 0 saturated carbocycles. The van der Waals surface area contributed by atoms with Gasteiger partial charge in [0.2, 0.25) is 0 Å². The number of rotatable bonds is 2. The van der Waals surface area contributed by atoms with E-state index >= 15 is 0 Å². The van der Waals surface area contributed by atoms with E-state index in [4.69, 9.17) is 10.9 Å². The van der Waals surface area contributed by atoms with Crippen LogP contribution in [0.1, 0.15) is 12.5 Å². The molecule has 0 aliphatic carbocycles. The second-order valence-corrected chi connectivity index (χ2v) is 4.14. The van der Waals surface area contributed by atoms with E-state index in [0.29, 0.717) is 6.42 Å². The molecule has 90 valence electrons. The Labute approximate surface area is 98.8 Å². The van der Waals surface area contributed by atoms with E-state index in [-0.39, 0.29) is 6.04 Å². The summed E-state index contributed by atoms with van der Waals surface area (Å²) in [5.74, 6) is 0. The lowest BCUT2D eigenvalue weighted by Crippen LogP contribution is -2.24. The molecule has 4 N–H and O–H groups in total. The number of hydrogen-bond donors (Lipinski definition) is 3. The third-order valence-electron chi connectivity index (χ3n) is 2.65. The zero-order chi connectivity index (χ0) is 12.4. The molecule has 0 unspecified atom stereocenters. The van der Waals surface area contributed by atoms with Crippen LogP contribution in [0.5, 0.6) is 0 Å². The number of carbonyl (C=O) groups excluding carboxylic acids is 1. The number of para-hydroxylation sites is 1. The van der Waals surface area contributed by atoms with Gasteiger partial charge in [-0.3, -0.25) is 9.77 Å². The van der Waals surface area contributed by atoms with Crippen molar-refractivity contribution < 1.29 is 10.0 Å². The van der Waals surface area contributed by atoms with Crippen molar-refractivity contribution in [1.29, 1.82) is 0 Å². The Hall–Kier alpha value is -1.85. The van der Waals surface area contributed by atoms with E-state index in [9.17, 15) is 4.79 Å². The maximum Gasteiger partial charge on any atom is 0.349 e. The molecule has 0 aliphatic heterocycles. The van der Waals surface area contributed by atoms with Crippen molar-refractivity contribution in [3.8, 4) is 0 Å². The molecule has 5 heteroatoms. The Morgan fingerprint density at radius 1 is 1.53 bits per heavy atom. The van der Waals surface area contributed by atoms with Crippen molar-refractivity contribution in [2.45, 2.75) is 19.4 Å². The molecule has 0 aliphatic rings. The van der Waals surface area contributed by atoms with Crippen molar-refractivity contribution in [2.24, 2.45) is 5.73 Å². The number of fused-ring (bicyclic) bond motifs is 1. The fraction of sp³-hybridized carbons (Fsp3) is 0.250. The molecule has 1 heterocycles. The highest BCUT2D eigenvalue weighted by atomic mass is 16.5. The van der Waals surface area contributed by atoms with Crippen LogP contribution < -0.4 is 11.2 Å². The quantitative estimate of drug-likeness (QED) is 0.543. The smallest absolute Gasteiger partial charge is 0.328 e. The van der Waals surface area contributed by atoms with Crippen LogP contribution in [0.3, 0.4) is 0 Å². The molecule has 2 rings (SSSR count). The first-order valence-corrected chi connectivity index (χ1v) is 5.42. The number of nitrogens with two attached hydrogens (primary N) is 1. The van der Waals surface area contributed by atoms with Gasteiger partial charge in [0.05, 0.1) is 5.52 Å². The Kier molecular flexibility index (Phi) is 3.12. The molecule has 1 atom stereocenters. The predicted molar refractivity (Wildman–Crippen MR) is 65.0 cm³/mol. The SMILES string of the molecule is C[C@@H](N)Cc1cn(C(=O)NO)c2ccccc12. The molecule has 1 aromatic carbocycles.